The Morgan fingerprint density at radius 1 is 0.844 bits per heavy atom. The molecule has 5 aromatic rings. The molecule has 0 fully saturated rings. The summed E-state index contributed by atoms with van der Waals surface area (Å²) in [6.45, 7) is 0. The molecular formula is C32H26BrClF3N3O4S. The number of ketones is 1. The number of aromatic nitrogens is 3. The summed E-state index contributed by atoms with van der Waals surface area (Å²) in [7, 11) is 4.36. The quantitative estimate of drug-likeness (QED) is 0.105. The van der Waals surface area contributed by atoms with Crippen molar-refractivity contribution in [3.05, 3.63) is 113 Å². The number of carbonyl (C=O) groups excluding carboxylic acids is 1. The van der Waals surface area contributed by atoms with Crippen molar-refractivity contribution >= 4 is 46.1 Å². The summed E-state index contributed by atoms with van der Waals surface area (Å²) in [4.78, 5) is 13.9. The highest BCUT2D eigenvalue weighted by molar-refractivity contribution is 8.93. The second-order valence-electron chi connectivity index (χ2n) is 9.38. The van der Waals surface area contributed by atoms with E-state index in [1.807, 2.05) is 6.07 Å². The molecule has 0 saturated carbocycles. The van der Waals surface area contributed by atoms with E-state index in [9.17, 15) is 18.0 Å². The zero-order valence-electron chi connectivity index (χ0n) is 24.0. The molecule has 0 radical (unpaired) electrons. The van der Waals surface area contributed by atoms with Crippen LogP contribution in [0.4, 0.5) is 13.2 Å². The number of hydrogen-bond donors (Lipinski definition) is 0. The van der Waals surface area contributed by atoms with Gasteiger partial charge in [-0.15, -0.1) is 27.2 Å². The third-order valence-corrected chi connectivity index (χ3v) is 8.13. The van der Waals surface area contributed by atoms with Gasteiger partial charge in [0.15, 0.2) is 28.3 Å². The molecule has 1 atom stereocenters. The van der Waals surface area contributed by atoms with Crippen molar-refractivity contribution in [2.24, 2.45) is 0 Å². The maximum atomic E-state index is 13.9. The molecule has 0 aliphatic rings. The van der Waals surface area contributed by atoms with Crippen LogP contribution in [-0.4, -0.2) is 41.9 Å². The van der Waals surface area contributed by atoms with Gasteiger partial charge < -0.3 is 14.2 Å². The van der Waals surface area contributed by atoms with Gasteiger partial charge in [0.2, 0.25) is 5.75 Å². The van der Waals surface area contributed by atoms with Gasteiger partial charge in [-0.3, -0.25) is 9.36 Å². The predicted octanol–water partition coefficient (Wildman–Crippen LogP) is 8.93. The van der Waals surface area contributed by atoms with Gasteiger partial charge in [-0.25, -0.2) is 0 Å². The van der Waals surface area contributed by atoms with Crippen molar-refractivity contribution in [2.75, 3.05) is 21.3 Å². The van der Waals surface area contributed by atoms with Gasteiger partial charge in [0, 0.05) is 16.1 Å². The molecular weight excluding hydrogens is 695 g/mol. The van der Waals surface area contributed by atoms with Crippen molar-refractivity contribution in [3.8, 4) is 34.3 Å². The summed E-state index contributed by atoms with van der Waals surface area (Å²) in [5, 5.41) is 8.60. The van der Waals surface area contributed by atoms with E-state index in [-0.39, 0.29) is 39.4 Å². The van der Waals surface area contributed by atoms with E-state index in [1.54, 1.807) is 60.7 Å². The summed E-state index contributed by atoms with van der Waals surface area (Å²) in [5.41, 5.74) is 0.793. The van der Waals surface area contributed by atoms with E-state index in [1.165, 1.54) is 38.0 Å². The first-order valence-corrected chi connectivity index (χ1v) is 14.3. The molecule has 1 heterocycles. The average molecular weight is 721 g/mol. The van der Waals surface area contributed by atoms with E-state index in [2.05, 4.69) is 10.2 Å². The molecule has 1 unspecified atom stereocenters. The van der Waals surface area contributed by atoms with Crippen LogP contribution in [0.1, 0.15) is 26.7 Å². The monoisotopic (exact) mass is 719 g/mol. The van der Waals surface area contributed by atoms with Crippen LogP contribution < -0.4 is 14.2 Å². The summed E-state index contributed by atoms with van der Waals surface area (Å²) in [6.07, 6.45) is -4.60. The second-order valence-corrected chi connectivity index (χ2v) is 10.9. The Morgan fingerprint density at radius 3 is 2.07 bits per heavy atom. The van der Waals surface area contributed by atoms with E-state index in [4.69, 9.17) is 25.8 Å². The summed E-state index contributed by atoms with van der Waals surface area (Å²) >= 11 is 7.12. The highest BCUT2D eigenvalue weighted by atomic mass is 79.9. The lowest BCUT2D eigenvalue weighted by molar-refractivity contribution is -0.137. The number of Topliss-reactive ketones (excluding diaryl/α,β-unsaturated/α-hetero) is 1. The zero-order valence-corrected chi connectivity index (χ0v) is 27.3. The number of halogens is 5. The van der Waals surface area contributed by atoms with Crippen LogP contribution >= 0.6 is 40.3 Å². The molecule has 5 rings (SSSR count). The van der Waals surface area contributed by atoms with Crippen molar-refractivity contribution in [3.63, 3.8) is 0 Å². The van der Waals surface area contributed by atoms with Crippen LogP contribution in [0, 0.1) is 0 Å². The van der Waals surface area contributed by atoms with Crippen LogP contribution in [0.15, 0.2) is 96.2 Å². The lowest BCUT2D eigenvalue weighted by Crippen LogP contribution is -2.12. The fourth-order valence-electron chi connectivity index (χ4n) is 4.57. The third kappa shape index (κ3) is 7.29. The minimum absolute atomic E-state index is 0. The SMILES string of the molecule is Br.COc1cc(-c2nnc(SC(C(=O)c3ccc(Cl)cc3)c3ccccc3)n2-c2cccc(C(F)(F)F)c2)cc(OC)c1OC. The predicted molar refractivity (Wildman–Crippen MR) is 173 cm³/mol. The number of rotatable bonds is 10. The number of thioether (sulfide) groups is 1. The first-order chi connectivity index (χ1) is 21.1. The van der Waals surface area contributed by atoms with Crippen LogP contribution in [-0.2, 0) is 6.18 Å². The molecule has 0 saturated heterocycles. The number of ether oxygens (including phenoxy) is 3. The van der Waals surface area contributed by atoms with Gasteiger partial charge in [-0.2, -0.15) is 13.2 Å². The molecule has 0 aliphatic heterocycles. The van der Waals surface area contributed by atoms with Crippen LogP contribution in [0.3, 0.4) is 0 Å². The standard InChI is InChI=1S/C32H25ClF3N3O4S.BrH/c1-41-25-16-21(17-26(42-2)28(25)43-3)30-37-38-31(39(30)24-11-7-10-22(18-24)32(34,35)36)44-29(20-8-5-4-6-9-20)27(40)19-12-14-23(33)15-13-19;/h4-18,29H,1-3H3;1H. The van der Waals surface area contributed by atoms with E-state index < -0.39 is 17.0 Å². The number of alkyl halides is 3. The molecule has 234 valence electrons. The molecule has 0 aliphatic carbocycles. The van der Waals surface area contributed by atoms with Crippen molar-refractivity contribution in [2.45, 2.75) is 16.6 Å². The molecule has 45 heavy (non-hydrogen) atoms. The highest BCUT2D eigenvalue weighted by Crippen LogP contribution is 2.44. The summed E-state index contributed by atoms with van der Waals surface area (Å²) in [5.74, 6) is 0.906. The highest BCUT2D eigenvalue weighted by Gasteiger charge is 2.32. The van der Waals surface area contributed by atoms with Gasteiger partial charge >= 0.3 is 6.18 Å². The molecule has 0 N–H and O–H groups in total. The van der Waals surface area contributed by atoms with E-state index in [0.29, 0.717) is 39.0 Å². The van der Waals surface area contributed by atoms with Crippen LogP contribution in [0.25, 0.3) is 17.1 Å². The van der Waals surface area contributed by atoms with Gasteiger partial charge in [0.25, 0.3) is 0 Å². The van der Waals surface area contributed by atoms with E-state index >= 15 is 0 Å². The van der Waals surface area contributed by atoms with Crippen LogP contribution in [0.2, 0.25) is 5.02 Å². The minimum Gasteiger partial charge on any atom is -0.493 e. The number of carbonyl (C=O) groups is 1. The third-order valence-electron chi connectivity index (χ3n) is 6.68. The largest absolute Gasteiger partial charge is 0.493 e. The lowest BCUT2D eigenvalue weighted by Gasteiger charge is -2.18. The molecule has 7 nitrogen and oxygen atoms in total. The smallest absolute Gasteiger partial charge is 0.416 e. The second kappa shape index (κ2) is 14.4. The fraction of sp³-hybridized carbons (Fsp3) is 0.156. The summed E-state index contributed by atoms with van der Waals surface area (Å²) < 4.78 is 59.4. The Bertz CT molecular complexity index is 1760. The Hall–Kier alpha value is -4.00. The Kier molecular flexibility index (Phi) is 10.8. The molecule has 4 aromatic carbocycles. The number of methoxy groups -OCH3 is 3. The lowest BCUT2D eigenvalue weighted by atomic mass is 10.0. The molecule has 13 heteroatoms. The van der Waals surface area contributed by atoms with E-state index in [0.717, 1.165) is 23.9 Å². The molecule has 0 bridgehead atoms. The maximum absolute atomic E-state index is 13.9. The van der Waals surface area contributed by atoms with Crippen molar-refractivity contribution in [1.82, 2.24) is 14.8 Å². The van der Waals surface area contributed by atoms with Crippen molar-refractivity contribution in [1.29, 1.82) is 0 Å². The molecule has 0 amide bonds. The Balaban J connectivity index is 0.00000461. The van der Waals surface area contributed by atoms with Gasteiger partial charge in [-0.1, -0.05) is 59.8 Å². The Morgan fingerprint density at radius 2 is 1.49 bits per heavy atom. The van der Waals surface area contributed by atoms with Crippen LogP contribution in [0.5, 0.6) is 17.2 Å². The number of hydrogen-bond acceptors (Lipinski definition) is 7. The van der Waals surface area contributed by atoms with Gasteiger partial charge in [-0.05, 0) is 60.2 Å². The van der Waals surface area contributed by atoms with Gasteiger partial charge in [0.1, 0.15) is 5.25 Å². The maximum Gasteiger partial charge on any atom is 0.416 e. The summed E-state index contributed by atoms with van der Waals surface area (Å²) in [6, 6.07) is 23.6. The molecule has 1 aromatic heterocycles. The topological polar surface area (TPSA) is 75.5 Å². The number of benzene rings is 4. The minimum atomic E-state index is -4.60. The zero-order chi connectivity index (χ0) is 31.4. The normalized spacial score (nSPS) is 11.8. The fourth-order valence-corrected chi connectivity index (χ4v) is 5.83. The Labute approximate surface area is 277 Å². The van der Waals surface area contributed by atoms with Crippen molar-refractivity contribution < 1.29 is 32.2 Å². The first kappa shape index (κ1) is 33.9. The average Bonchev–Trinajstić information content (AvgIpc) is 3.46. The number of nitrogens with zero attached hydrogens (tertiary/aromatic N) is 3. The first-order valence-electron chi connectivity index (χ1n) is 13.1. The van der Waals surface area contributed by atoms with Gasteiger partial charge in [0.05, 0.1) is 32.6 Å². The molecule has 0 spiro atoms.